The molecule has 0 radical (unpaired) electrons. The summed E-state index contributed by atoms with van der Waals surface area (Å²) in [5, 5.41) is 3.11. The zero-order chi connectivity index (χ0) is 19.5. The van der Waals surface area contributed by atoms with E-state index in [1.807, 2.05) is 56.3 Å². The summed E-state index contributed by atoms with van der Waals surface area (Å²) in [5.41, 5.74) is 5.35. The van der Waals surface area contributed by atoms with Crippen LogP contribution in [0, 0.1) is 13.8 Å². The summed E-state index contributed by atoms with van der Waals surface area (Å²) < 4.78 is 7.50. The first-order valence-electron chi connectivity index (χ1n) is 9.47. The highest BCUT2D eigenvalue weighted by Gasteiger charge is 2.20. The Hall–Kier alpha value is -3.12. The van der Waals surface area contributed by atoms with Crippen molar-refractivity contribution in [3.05, 3.63) is 71.8 Å². The summed E-state index contributed by atoms with van der Waals surface area (Å²) in [6.07, 6.45) is 3.54. The lowest BCUT2D eigenvalue weighted by Crippen LogP contribution is -2.36. The van der Waals surface area contributed by atoms with Crippen LogP contribution in [0.15, 0.2) is 54.9 Å². The zero-order valence-corrected chi connectivity index (χ0v) is 16.2. The SMILES string of the molecule is Cc1cc(C(=O)Nc2ccccc2N2CCOCC2)c(C)n1-c1cccnc1. The van der Waals surface area contributed by atoms with Crippen molar-refractivity contribution < 1.29 is 9.53 Å². The highest BCUT2D eigenvalue weighted by Crippen LogP contribution is 2.28. The van der Waals surface area contributed by atoms with E-state index in [2.05, 4.69) is 19.8 Å². The van der Waals surface area contributed by atoms with Gasteiger partial charge in [0.2, 0.25) is 0 Å². The lowest BCUT2D eigenvalue weighted by molar-refractivity contribution is 0.102. The number of nitrogens with one attached hydrogen (secondary N) is 1. The number of pyridine rings is 1. The van der Waals surface area contributed by atoms with Crippen LogP contribution < -0.4 is 10.2 Å². The number of benzene rings is 1. The molecule has 0 unspecified atom stereocenters. The lowest BCUT2D eigenvalue weighted by Gasteiger charge is -2.30. The fourth-order valence-corrected chi connectivity index (χ4v) is 3.73. The second kappa shape index (κ2) is 7.86. The van der Waals surface area contributed by atoms with Crippen molar-refractivity contribution in [1.29, 1.82) is 0 Å². The fourth-order valence-electron chi connectivity index (χ4n) is 3.73. The molecule has 1 aromatic carbocycles. The number of carbonyl (C=O) groups is 1. The molecule has 3 aromatic rings. The van der Waals surface area contributed by atoms with Crippen LogP contribution in [-0.2, 0) is 4.74 Å². The standard InChI is InChI=1S/C22H24N4O2/c1-16-14-19(17(2)26(16)18-6-5-9-23-15-18)22(27)24-20-7-3-4-8-21(20)25-10-12-28-13-11-25/h3-9,14-15H,10-13H2,1-2H3,(H,24,27). The van der Waals surface area contributed by atoms with Gasteiger partial charge in [-0.05, 0) is 44.2 Å². The number of hydrogen-bond donors (Lipinski definition) is 1. The predicted molar refractivity (Wildman–Crippen MR) is 110 cm³/mol. The van der Waals surface area contributed by atoms with Crippen LogP contribution in [0.25, 0.3) is 5.69 Å². The van der Waals surface area contributed by atoms with E-state index in [9.17, 15) is 4.79 Å². The molecule has 0 spiro atoms. The number of anilines is 2. The molecule has 1 fully saturated rings. The smallest absolute Gasteiger partial charge is 0.257 e. The van der Waals surface area contributed by atoms with Gasteiger partial charge >= 0.3 is 0 Å². The molecular weight excluding hydrogens is 352 g/mol. The first-order chi connectivity index (χ1) is 13.6. The van der Waals surface area contributed by atoms with Gasteiger partial charge in [-0.3, -0.25) is 9.78 Å². The number of rotatable bonds is 4. The number of aromatic nitrogens is 2. The van der Waals surface area contributed by atoms with Gasteiger partial charge in [-0.25, -0.2) is 0 Å². The first-order valence-corrected chi connectivity index (χ1v) is 9.47. The van der Waals surface area contributed by atoms with Crippen LogP contribution in [0.3, 0.4) is 0 Å². The molecule has 4 rings (SSSR count). The minimum atomic E-state index is -0.107. The molecule has 3 heterocycles. The summed E-state index contributed by atoms with van der Waals surface area (Å²) in [7, 11) is 0. The van der Waals surface area contributed by atoms with Crippen molar-refractivity contribution in [3.63, 3.8) is 0 Å². The molecule has 6 nitrogen and oxygen atoms in total. The Morgan fingerprint density at radius 2 is 1.89 bits per heavy atom. The average Bonchev–Trinajstić information content (AvgIpc) is 3.04. The molecule has 1 aliphatic rings. The second-order valence-electron chi connectivity index (χ2n) is 6.90. The second-order valence-corrected chi connectivity index (χ2v) is 6.90. The molecule has 144 valence electrons. The largest absolute Gasteiger partial charge is 0.378 e. The van der Waals surface area contributed by atoms with Crippen LogP contribution >= 0.6 is 0 Å². The number of nitrogens with zero attached hydrogens (tertiary/aromatic N) is 3. The molecule has 1 N–H and O–H groups in total. The summed E-state index contributed by atoms with van der Waals surface area (Å²) in [6.45, 7) is 7.01. The van der Waals surface area contributed by atoms with Crippen molar-refractivity contribution in [1.82, 2.24) is 9.55 Å². The van der Waals surface area contributed by atoms with E-state index in [4.69, 9.17) is 4.74 Å². The van der Waals surface area contributed by atoms with E-state index in [-0.39, 0.29) is 5.91 Å². The third kappa shape index (κ3) is 3.51. The molecule has 1 amide bonds. The number of ether oxygens (including phenoxy) is 1. The number of morpholine rings is 1. The Labute approximate surface area is 164 Å². The van der Waals surface area contributed by atoms with Gasteiger partial charge in [-0.15, -0.1) is 0 Å². The maximum Gasteiger partial charge on any atom is 0.257 e. The summed E-state index contributed by atoms with van der Waals surface area (Å²) in [6, 6.07) is 13.7. The van der Waals surface area contributed by atoms with Gasteiger partial charge in [0, 0.05) is 30.7 Å². The van der Waals surface area contributed by atoms with Crippen molar-refractivity contribution in [2.75, 3.05) is 36.5 Å². The van der Waals surface area contributed by atoms with Gasteiger partial charge in [-0.1, -0.05) is 12.1 Å². The van der Waals surface area contributed by atoms with E-state index in [0.29, 0.717) is 18.8 Å². The van der Waals surface area contributed by atoms with Crippen LogP contribution in [0.2, 0.25) is 0 Å². The molecule has 6 heteroatoms. The highest BCUT2D eigenvalue weighted by atomic mass is 16.5. The van der Waals surface area contributed by atoms with E-state index in [0.717, 1.165) is 41.5 Å². The number of amides is 1. The number of hydrogen-bond acceptors (Lipinski definition) is 4. The summed E-state index contributed by atoms with van der Waals surface area (Å²) in [5.74, 6) is -0.107. The molecule has 2 aromatic heterocycles. The molecule has 0 atom stereocenters. The maximum atomic E-state index is 13.1. The minimum absolute atomic E-state index is 0.107. The van der Waals surface area contributed by atoms with Crippen molar-refractivity contribution >= 4 is 17.3 Å². The van der Waals surface area contributed by atoms with E-state index < -0.39 is 0 Å². The molecule has 0 bridgehead atoms. The Balaban J connectivity index is 1.62. The van der Waals surface area contributed by atoms with E-state index in [1.165, 1.54) is 0 Å². The van der Waals surface area contributed by atoms with Crippen molar-refractivity contribution in [2.24, 2.45) is 0 Å². The van der Waals surface area contributed by atoms with Gasteiger partial charge in [-0.2, -0.15) is 0 Å². The van der Waals surface area contributed by atoms with Crippen molar-refractivity contribution in [2.45, 2.75) is 13.8 Å². The predicted octanol–water partition coefficient (Wildman–Crippen LogP) is 3.58. The molecule has 0 saturated carbocycles. The Bertz CT molecular complexity index is 975. The summed E-state index contributed by atoms with van der Waals surface area (Å²) in [4.78, 5) is 19.5. The van der Waals surface area contributed by atoms with E-state index in [1.54, 1.807) is 12.4 Å². The Morgan fingerprint density at radius 3 is 2.64 bits per heavy atom. The van der Waals surface area contributed by atoms with Gasteiger partial charge in [0.15, 0.2) is 0 Å². The first kappa shape index (κ1) is 18.3. The van der Waals surface area contributed by atoms with Gasteiger partial charge in [0.1, 0.15) is 0 Å². The third-order valence-electron chi connectivity index (χ3n) is 5.08. The normalized spacial score (nSPS) is 14.1. The van der Waals surface area contributed by atoms with Gasteiger partial charge in [0.25, 0.3) is 5.91 Å². The van der Waals surface area contributed by atoms with Crippen LogP contribution in [-0.4, -0.2) is 41.8 Å². The molecule has 1 aliphatic heterocycles. The van der Waals surface area contributed by atoms with Crippen LogP contribution in [0.5, 0.6) is 0 Å². The molecule has 28 heavy (non-hydrogen) atoms. The minimum Gasteiger partial charge on any atom is -0.378 e. The van der Waals surface area contributed by atoms with Crippen molar-refractivity contribution in [3.8, 4) is 5.69 Å². The van der Waals surface area contributed by atoms with E-state index >= 15 is 0 Å². The monoisotopic (exact) mass is 376 g/mol. The summed E-state index contributed by atoms with van der Waals surface area (Å²) >= 11 is 0. The van der Waals surface area contributed by atoms with Gasteiger partial charge in [0.05, 0.1) is 42.0 Å². The fraction of sp³-hybridized carbons (Fsp3) is 0.273. The highest BCUT2D eigenvalue weighted by molar-refractivity contribution is 6.07. The maximum absolute atomic E-state index is 13.1. The number of aryl methyl sites for hydroxylation is 1. The number of carbonyl (C=O) groups excluding carboxylic acids is 1. The third-order valence-corrected chi connectivity index (χ3v) is 5.08. The van der Waals surface area contributed by atoms with Crippen LogP contribution in [0.1, 0.15) is 21.7 Å². The Kier molecular flexibility index (Phi) is 5.12. The molecular formula is C22H24N4O2. The lowest BCUT2D eigenvalue weighted by atomic mass is 10.2. The molecule has 1 saturated heterocycles. The quantitative estimate of drug-likeness (QED) is 0.756. The average molecular weight is 376 g/mol. The Morgan fingerprint density at radius 1 is 1.11 bits per heavy atom. The van der Waals surface area contributed by atoms with Crippen LogP contribution in [0.4, 0.5) is 11.4 Å². The van der Waals surface area contributed by atoms with Gasteiger partial charge < -0.3 is 19.5 Å². The molecule has 0 aliphatic carbocycles. The topological polar surface area (TPSA) is 59.4 Å². The number of para-hydroxylation sites is 2. The zero-order valence-electron chi connectivity index (χ0n) is 16.2.